The van der Waals surface area contributed by atoms with Gasteiger partial charge in [-0.25, -0.2) is 4.98 Å². The zero-order valence-electron chi connectivity index (χ0n) is 15.8. The largest absolute Gasteiger partial charge is 0.286 e. The maximum atomic E-state index is 9.73. The SMILES string of the molecule is CCc1cc(SCc2cc(C)ccc2C)n2c(nc3ccccc32)c1C#N. The molecular formula is C23H21N3S. The first-order valence-electron chi connectivity index (χ1n) is 9.14. The van der Waals surface area contributed by atoms with Crippen LogP contribution in [0.15, 0.2) is 53.6 Å². The lowest BCUT2D eigenvalue weighted by Gasteiger charge is -2.12. The molecule has 0 fully saturated rings. The Morgan fingerprint density at radius 3 is 2.67 bits per heavy atom. The molecule has 2 aromatic heterocycles. The minimum Gasteiger partial charge on any atom is -0.286 e. The Hall–Kier alpha value is -2.77. The lowest BCUT2D eigenvalue weighted by atomic mass is 10.1. The van der Waals surface area contributed by atoms with E-state index < -0.39 is 0 Å². The van der Waals surface area contributed by atoms with Gasteiger partial charge in [0.2, 0.25) is 0 Å². The molecule has 4 heteroatoms. The molecule has 2 aromatic carbocycles. The van der Waals surface area contributed by atoms with Crippen molar-refractivity contribution in [3.63, 3.8) is 0 Å². The number of pyridine rings is 1. The highest BCUT2D eigenvalue weighted by molar-refractivity contribution is 7.98. The average molecular weight is 372 g/mol. The van der Waals surface area contributed by atoms with Gasteiger partial charge in [0.1, 0.15) is 6.07 Å². The Balaban J connectivity index is 1.89. The van der Waals surface area contributed by atoms with E-state index in [1.54, 1.807) is 0 Å². The molecule has 0 aliphatic heterocycles. The molecule has 2 heterocycles. The lowest BCUT2D eigenvalue weighted by molar-refractivity contribution is 1.00. The van der Waals surface area contributed by atoms with Crippen LogP contribution in [0.3, 0.4) is 0 Å². The van der Waals surface area contributed by atoms with Gasteiger partial charge in [0.05, 0.1) is 21.6 Å². The van der Waals surface area contributed by atoms with E-state index in [4.69, 9.17) is 4.98 Å². The number of thioether (sulfide) groups is 1. The van der Waals surface area contributed by atoms with Crippen molar-refractivity contribution in [2.75, 3.05) is 0 Å². The molecule has 0 unspecified atom stereocenters. The number of fused-ring (bicyclic) bond motifs is 3. The van der Waals surface area contributed by atoms with E-state index in [0.29, 0.717) is 5.56 Å². The highest BCUT2D eigenvalue weighted by atomic mass is 32.2. The number of nitrogens with zero attached hydrogens (tertiary/aromatic N) is 3. The molecule has 27 heavy (non-hydrogen) atoms. The molecule has 0 amide bonds. The van der Waals surface area contributed by atoms with Gasteiger partial charge < -0.3 is 0 Å². The van der Waals surface area contributed by atoms with E-state index in [0.717, 1.165) is 39.4 Å². The van der Waals surface area contributed by atoms with E-state index in [1.807, 2.05) is 30.0 Å². The number of rotatable bonds is 4. The summed E-state index contributed by atoms with van der Waals surface area (Å²) in [5.74, 6) is 0.893. The highest BCUT2D eigenvalue weighted by Gasteiger charge is 2.16. The van der Waals surface area contributed by atoms with Crippen molar-refractivity contribution in [3.05, 3.63) is 76.3 Å². The molecule has 4 aromatic rings. The van der Waals surface area contributed by atoms with Crippen molar-refractivity contribution in [1.29, 1.82) is 5.26 Å². The van der Waals surface area contributed by atoms with Crippen molar-refractivity contribution in [2.45, 2.75) is 38.0 Å². The lowest BCUT2D eigenvalue weighted by Crippen LogP contribution is -1.99. The topological polar surface area (TPSA) is 41.1 Å². The van der Waals surface area contributed by atoms with Gasteiger partial charge in [0, 0.05) is 5.75 Å². The van der Waals surface area contributed by atoms with Gasteiger partial charge in [-0.2, -0.15) is 5.26 Å². The van der Waals surface area contributed by atoms with Gasteiger partial charge in [0.15, 0.2) is 5.65 Å². The van der Waals surface area contributed by atoms with Gasteiger partial charge in [0.25, 0.3) is 0 Å². The predicted molar refractivity (Wildman–Crippen MR) is 112 cm³/mol. The molecule has 134 valence electrons. The molecule has 0 N–H and O–H groups in total. The van der Waals surface area contributed by atoms with Crippen molar-refractivity contribution in [3.8, 4) is 6.07 Å². The number of para-hydroxylation sites is 2. The Kier molecular flexibility index (Phi) is 4.63. The molecule has 0 saturated carbocycles. The second-order valence-corrected chi connectivity index (χ2v) is 7.82. The third-order valence-corrected chi connectivity index (χ3v) is 6.05. The number of aromatic nitrogens is 2. The Morgan fingerprint density at radius 2 is 1.89 bits per heavy atom. The maximum Gasteiger partial charge on any atom is 0.157 e. The van der Waals surface area contributed by atoms with Crippen molar-refractivity contribution < 1.29 is 0 Å². The minimum absolute atomic E-state index is 0.685. The van der Waals surface area contributed by atoms with Crippen LogP contribution < -0.4 is 0 Å². The number of nitriles is 1. The summed E-state index contributed by atoms with van der Waals surface area (Å²) in [6.45, 7) is 6.38. The van der Waals surface area contributed by atoms with E-state index >= 15 is 0 Å². The molecule has 3 nitrogen and oxygen atoms in total. The average Bonchev–Trinajstić information content (AvgIpc) is 3.07. The summed E-state index contributed by atoms with van der Waals surface area (Å²) in [5.41, 5.74) is 8.42. The van der Waals surface area contributed by atoms with Crippen LogP contribution in [0.4, 0.5) is 0 Å². The molecular weight excluding hydrogens is 350 g/mol. The molecule has 0 bridgehead atoms. The third-order valence-electron chi connectivity index (χ3n) is 5.00. The zero-order valence-corrected chi connectivity index (χ0v) is 16.6. The fourth-order valence-electron chi connectivity index (χ4n) is 3.46. The van der Waals surface area contributed by atoms with E-state index in [2.05, 4.69) is 61.6 Å². The first-order chi connectivity index (χ1) is 13.1. The molecule has 0 radical (unpaired) electrons. The Labute approximate surface area is 163 Å². The molecule has 0 atom stereocenters. The first kappa shape index (κ1) is 17.6. The van der Waals surface area contributed by atoms with Crippen LogP contribution in [0, 0.1) is 25.2 Å². The summed E-state index contributed by atoms with van der Waals surface area (Å²) in [7, 11) is 0. The summed E-state index contributed by atoms with van der Waals surface area (Å²) in [6.07, 6.45) is 0.819. The van der Waals surface area contributed by atoms with Crippen molar-refractivity contribution in [1.82, 2.24) is 9.38 Å². The van der Waals surface area contributed by atoms with E-state index in [9.17, 15) is 5.26 Å². The standard InChI is InChI=1S/C23H21N3S/c1-4-17-12-22(27-14-18-11-15(2)9-10-16(18)3)26-21-8-6-5-7-20(21)25-23(26)19(17)13-24/h5-12H,4,14H2,1-3H3. The molecule has 4 rings (SSSR count). The summed E-state index contributed by atoms with van der Waals surface area (Å²) >= 11 is 1.81. The van der Waals surface area contributed by atoms with Crippen LogP contribution in [-0.2, 0) is 12.2 Å². The van der Waals surface area contributed by atoms with Crippen LogP contribution in [0.25, 0.3) is 16.7 Å². The maximum absolute atomic E-state index is 9.73. The number of hydrogen-bond donors (Lipinski definition) is 0. The number of benzene rings is 2. The summed E-state index contributed by atoms with van der Waals surface area (Å²) < 4.78 is 2.14. The van der Waals surface area contributed by atoms with Crippen LogP contribution in [0.2, 0.25) is 0 Å². The van der Waals surface area contributed by atoms with Crippen LogP contribution in [-0.4, -0.2) is 9.38 Å². The Bertz CT molecular complexity index is 1200. The highest BCUT2D eigenvalue weighted by Crippen LogP contribution is 2.32. The van der Waals surface area contributed by atoms with Crippen molar-refractivity contribution in [2.24, 2.45) is 0 Å². The fourth-order valence-corrected chi connectivity index (χ4v) is 4.61. The molecule has 0 aliphatic carbocycles. The normalized spacial score (nSPS) is 11.2. The van der Waals surface area contributed by atoms with Gasteiger partial charge in [-0.15, -0.1) is 11.8 Å². The van der Waals surface area contributed by atoms with E-state index in [1.165, 1.54) is 16.7 Å². The van der Waals surface area contributed by atoms with Gasteiger partial charge in [-0.1, -0.05) is 42.8 Å². The van der Waals surface area contributed by atoms with E-state index in [-0.39, 0.29) is 0 Å². The van der Waals surface area contributed by atoms with Crippen LogP contribution in [0.5, 0.6) is 0 Å². The zero-order chi connectivity index (χ0) is 19.0. The molecule has 0 saturated heterocycles. The third kappa shape index (κ3) is 3.09. The first-order valence-corrected chi connectivity index (χ1v) is 10.1. The molecule has 0 spiro atoms. The quantitative estimate of drug-likeness (QED) is 0.424. The minimum atomic E-state index is 0.685. The fraction of sp³-hybridized carbons (Fsp3) is 0.217. The number of hydrogen-bond acceptors (Lipinski definition) is 3. The number of aryl methyl sites for hydroxylation is 3. The number of imidazole rings is 1. The second-order valence-electron chi connectivity index (χ2n) is 6.83. The van der Waals surface area contributed by atoms with Gasteiger partial charge in [-0.3, -0.25) is 4.40 Å². The van der Waals surface area contributed by atoms with Crippen LogP contribution >= 0.6 is 11.8 Å². The van der Waals surface area contributed by atoms with Crippen molar-refractivity contribution >= 4 is 28.4 Å². The van der Waals surface area contributed by atoms with Crippen LogP contribution in [0.1, 0.15) is 34.7 Å². The summed E-state index contributed by atoms with van der Waals surface area (Å²) in [4.78, 5) is 4.77. The predicted octanol–water partition coefficient (Wildman–Crippen LogP) is 5.83. The Morgan fingerprint density at radius 1 is 1.07 bits per heavy atom. The summed E-state index contributed by atoms with van der Waals surface area (Å²) in [6, 6.07) is 19.2. The smallest absolute Gasteiger partial charge is 0.157 e. The van der Waals surface area contributed by atoms with Gasteiger partial charge in [-0.05, 0) is 55.2 Å². The summed E-state index contributed by atoms with van der Waals surface area (Å²) in [5, 5.41) is 10.9. The molecule has 0 aliphatic rings. The van der Waals surface area contributed by atoms with Gasteiger partial charge >= 0.3 is 0 Å². The second kappa shape index (κ2) is 7.09. The monoisotopic (exact) mass is 371 g/mol.